The van der Waals surface area contributed by atoms with Crippen molar-refractivity contribution < 1.29 is 4.92 Å². The molecule has 1 N–H and O–H groups in total. The Morgan fingerprint density at radius 3 is 2.78 bits per heavy atom. The third-order valence-corrected chi connectivity index (χ3v) is 3.63. The van der Waals surface area contributed by atoms with Crippen molar-refractivity contribution in [3.8, 4) is 0 Å². The van der Waals surface area contributed by atoms with Crippen molar-refractivity contribution in [3.63, 3.8) is 0 Å². The maximum Gasteiger partial charge on any atom is 0.269 e. The van der Waals surface area contributed by atoms with E-state index in [1.54, 1.807) is 23.9 Å². The van der Waals surface area contributed by atoms with Crippen molar-refractivity contribution in [1.29, 1.82) is 0 Å². The predicted octanol–water partition coefficient (Wildman–Crippen LogP) is 3.39. The average Bonchev–Trinajstić information content (AvgIpc) is 2.36. The maximum absolute atomic E-state index is 10.8. The lowest BCUT2D eigenvalue weighted by molar-refractivity contribution is -0.384. The van der Waals surface area contributed by atoms with Gasteiger partial charge in [-0.3, -0.25) is 10.1 Å². The Hall–Kier alpha value is -1.07. The number of rotatable bonds is 7. The molecule has 4 nitrogen and oxygen atoms in total. The quantitative estimate of drug-likeness (QED) is 0.608. The fraction of sp³-hybridized carbons (Fsp3) is 0.538. The monoisotopic (exact) mass is 268 g/mol. The van der Waals surface area contributed by atoms with Crippen LogP contribution in [0.2, 0.25) is 0 Å². The second-order valence-corrected chi connectivity index (χ2v) is 5.25. The third-order valence-electron chi connectivity index (χ3n) is 2.79. The number of nitro benzene ring substituents is 1. The van der Waals surface area contributed by atoms with Crippen LogP contribution < -0.4 is 5.32 Å². The Morgan fingerprint density at radius 2 is 2.22 bits per heavy atom. The van der Waals surface area contributed by atoms with Gasteiger partial charge in [0.25, 0.3) is 5.69 Å². The van der Waals surface area contributed by atoms with E-state index in [1.807, 2.05) is 6.07 Å². The van der Waals surface area contributed by atoms with Gasteiger partial charge in [-0.25, -0.2) is 0 Å². The smallest absolute Gasteiger partial charge is 0.269 e. The van der Waals surface area contributed by atoms with E-state index >= 15 is 0 Å². The molecule has 5 heteroatoms. The summed E-state index contributed by atoms with van der Waals surface area (Å²) in [6.45, 7) is 4.22. The standard InChI is InChI=1S/C13H20N2O2S/c1-4-13(14-10(2)9-18-3)11-6-5-7-12(8-11)15(16)17/h5-8,10,13-14H,4,9H2,1-3H3. The SMILES string of the molecule is CCC(NC(C)CSC)c1cccc([N+](=O)[O-])c1. The Balaban J connectivity index is 2.81. The molecule has 0 heterocycles. The normalized spacial score (nSPS) is 14.2. The maximum atomic E-state index is 10.8. The highest BCUT2D eigenvalue weighted by molar-refractivity contribution is 7.98. The molecule has 0 bridgehead atoms. The van der Waals surface area contributed by atoms with E-state index < -0.39 is 0 Å². The van der Waals surface area contributed by atoms with Crippen LogP contribution in [0, 0.1) is 10.1 Å². The van der Waals surface area contributed by atoms with Crippen molar-refractivity contribution in [2.45, 2.75) is 32.4 Å². The molecule has 1 aromatic carbocycles. The zero-order valence-electron chi connectivity index (χ0n) is 11.1. The van der Waals surface area contributed by atoms with Gasteiger partial charge in [0, 0.05) is 30.0 Å². The zero-order valence-corrected chi connectivity index (χ0v) is 11.9. The molecule has 0 aliphatic heterocycles. The van der Waals surface area contributed by atoms with Crippen LogP contribution in [0.15, 0.2) is 24.3 Å². The average molecular weight is 268 g/mol. The van der Waals surface area contributed by atoms with Gasteiger partial charge < -0.3 is 5.32 Å². The molecule has 1 aromatic rings. The fourth-order valence-electron chi connectivity index (χ4n) is 1.95. The molecule has 0 aliphatic carbocycles. The topological polar surface area (TPSA) is 55.2 Å². The number of benzene rings is 1. The first-order valence-electron chi connectivity index (χ1n) is 6.07. The molecule has 0 aromatic heterocycles. The summed E-state index contributed by atoms with van der Waals surface area (Å²) in [5.41, 5.74) is 1.14. The van der Waals surface area contributed by atoms with Gasteiger partial charge in [0.15, 0.2) is 0 Å². The van der Waals surface area contributed by atoms with Crippen molar-refractivity contribution in [1.82, 2.24) is 5.32 Å². The number of nitrogens with zero attached hydrogens (tertiary/aromatic N) is 1. The number of nitrogens with one attached hydrogen (secondary N) is 1. The summed E-state index contributed by atoms with van der Waals surface area (Å²) in [5.74, 6) is 1.03. The van der Waals surface area contributed by atoms with Crippen LogP contribution in [0.25, 0.3) is 0 Å². The summed E-state index contributed by atoms with van der Waals surface area (Å²) in [5, 5.41) is 14.3. The van der Waals surface area contributed by atoms with Gasteiger partial charge in [-0.15, -0.1) is 0 Å². The minimum atomic E-state index is -0.346. The van der Waals surface area contributed by atoms with Gasteiger partial charge in [0.1, 0.15) is 0 Å². The Morgan fingerprint density at radius 1 is 1.50 bits per heavy atom. The molecule has 0 saturated carbocycles. The third kappa shape index (κ3) is 4.31. The number of nitro groups is 1. The molecular weight excluding hydrogens is 248 g/mol. The summed E-state index contributed by atoms with van der Waals surface area (Å²) in [6, 6.07) is 7.45. The van der Waals surface area contributed by atoms with Crippen LogP contribution in [0.3, 0.4) is 0 Å². The number of hydrogen-bond acceptors (Lipinski definition) is 4. The van der Waals surface area contributed by atoms with Crippen molar-refractivity contribution in [3.05, 3.63) is 39.9 Å². The van der Waals surface area contributed by atoms with E-state index in [-0.39, 0.29) is 16.7 Å². The molecule has 2 atom stereocenters. The molecule has 2 unspecified atom stereocenters. The first-order chi connectivity index (χ1) is 8.58. The number of thioether (sulfide) groups is 1. The molecule has 0 spiro atoms. The van der Waals surface area contributed by atoms with Gasteiger partial charge in [0.2, 0.25) is 0 Å². The minimum absolute atomic E-state index is 0.158. The van der Waals surface area contributed by atoms with E-state index in [9.17, 15) is 10.1 Å². The summed E-state index contributed by atoms with van der Waals surface area (Å²) in [6.07, 6.45) is 2.99. The molecular formula is C13H20N2O2S. The lowest BCUT2D eigenvalue weighted by atomic mass is 10.0. The van der Waals surface area contributed by atoms with E-state index in [1.165, 1.54) is 6.07 Å². The lowest BCUT2D eigenvalue weighted by Crippen LogP contribution is -2.32. The summed E-state index contributed by atoms with van der Waals surface area (Å²) in [4.78, 5) is 10.4. The van der Waals surface area contributed by atoms with Crippen LogP contribution in [0.1, 0.15) is 31.9 Å². The Labute approximate surface area is 112 Å². The van der Waals surface area contributed by atoms with Gasteiger partial charge in [0.05, 0.1) is 4.92 Å². The van der Waals surface area contributed by atoms with Crippen LogP contribution in [0.4, 0.5) is 5.69 Å². The molecule has 0 fully saturated rings. The first-order valence-corrected chi connectivity index (χ1v) is 7.47. The lowest BCUT2D eigenvalue weighted by Gasteiger charge is -2.22. The van der Waals surface area contributed by atoms with Crippen LogP contribution >= 0.6 is 11.8 Å². The Kier molecular flexibility index (Phi) is 6.15. The summed E-state index contributed by atoms with van der Waals surface area (Å²) < 4.78 is 0. The van der Waals surface area contributed by atoms with E-state index in [0.29, 0.717) is 6.04 Å². The highest BCUT2D eigenvalue weighted by atomic mass is 32.2. The second kappa shape index (κ2) is 7.38. The number of hydrogen-bond donors (Lipinski definition) is 1. The van der Waals surface area contributed by atoms with Crippen molar-refractivity contribution in [2.24, 2.45) is 0 Å². The molecule has 18 heavy (non-hydrogen) atoms. The predicted molar refractivity (Wildman–Crippen MR) is 77.1 cm³/mol. The fourth-order valence-corrected chi connectivity index (χ4v) is 2.54. The molecule has 0 saturated heterocycles. The highest BCUT2D eigenvalue weighted by Gasteiger charge is 2.15. The number of non-ortho nitro benzene ring substituents is 1. The molecule has 100 valence electrons. The van der Waals surface area contributed by atoms with Crippen molar-refractivity contribution >= 4 is 17.4 Å². The van der Waals surface area contributed by atoms with E-state index in [4.69, 9.17) is 0 Å². The molecule has 1 rings (SSSR count). The van der Waals surface area contributed by atoms with Crippen LogP contribution in [-0.2, 0) is 0 Å². The highest BCUT2D eigenvalue weighted by Crippen LogP contribution is 2.22. The largest absolute Gasteiger partial charge is 0.307 e. The van der Waals surface area contributed by atoms with Gasteiger partial charge in [-0.1, -0.05) is 19.1 Å². The summed E-state index contributed by atoms with van der Waals surface area (Å²) in [7, 11) is 0. The van der Waals surface area contributed by atoms with Gasteiger partial charge in [-0.05, 0) is 25.2 Å². The summed E-state index contributed by atoms with van der Waals surface area (Å²) >= 11 is 1.79. The van der Waals surface area contributed by atoms with Crippen LogP contribution in [-0.4, -0.2) is 23.0 Å². The molecule has 0 amide bonds. The van der Waals surface area contributed by atoms with Gasteiger partial charge in [-0.2, -0.15) is 11.8 Å². The van der Waals surface area contributed by atoms with Gasteiger partial charge >= 0.3 is 0 Å². The van der Waals surface area contributed by atoms with Crippen molar-refractivity contribution in [2.75, 3.05) is 12.0 Å². The van der Waals surface area contributed by atoms with Crippen LogP contribution in [0.5, 0.6) is 0 Å². The zero-order chi connectivity index (χ0) is 13.5. The minimum Gasteiger partial charge on any atom is -0.307 e. The van der Waals surface area contributed by atoms with E-state index in [2.05, 4.69) is 25.4 Å². The molecule has 0 radical (unpaired) electrons. The Bertz CT molecular complexity index is 398. The van der Waals surface area contributed by atoms with E-state index in [0.717, 1.165) is 17.7 Å². The first kappa shape index (κ1) is 15.0. The molecule has 0 aliphatic rings. The second-order valence-electron chi connectivity index (χ2n) is 4.34.